The standard InChI is InChI=1S/C19H33NO/c1-6-7-8-9-12-16(4)20-17(5)18-13-10-11-14-19(18)21-15(2)3/h10-11,13-17,20H,6-9,12H2,1-5H3. The Morgan fingerprint density at radius 3 is 2.38 bits per heavy atom. The van der Waals surface area contributed by atoms with Crippen molar-refractivity contribution in [3.05, 3.63) is 29.8 Å². The van der Waals surface area contributed by atoms with Crippen LogP contribution in [0.1, 0.15) is 78.3 Å². The number of nitrogens with one attached hydrogen (secondary N) is 1. The number of para-hydroxylation sites is 1. The fourth-order valence-electron chi connectivity index (χ4n) is 2.68. The minimum Gasteiger partial charge on any atom is -0.491 e. The molecule has 2 nitrogen and oxygen atoms in total. The molecule has 1 rings (SSSR count). The Labute approximate surface area is 131 Å². The van der Waals surface area contributed by atoms with E-state index in [1.165, 1.54) is 37.7 Å². The third-order valence-electron chi connectivity index (χ3n) is 3.77. The average Bonchev–Trinajstić information content (AvgIpc) is 2.43. The van der Waals surface area contributed by atoms with Gasteiger partial charge in [0.15, 0.2) is 0 Å². The Hall–Kier alpha value is -1.02. The van der Waals surface area contributed by atoms with E-state index in [9.17, 15) is 0 Å². The fourth-order valence-corrected chi connectivity index (χ4v) is 2.68. The van der Waals surface area contributed by atoms with E-state index in [1.807, 2.05) is 6.07 Å². The van der Waals surface area contributed by atoms with Crippen LogP contribution in [0.15, 0.2) is 24.3 Å². The van der Waals surface area contributed by atoms with Crippen LogP contribution in [0, 0.1) is 0 Å². The summed E-state index contributed by atoms with van der Waals surface area (Å²) in [6.45, 7) is 10.9. The zero-order chi connectivity index (χ0) is 15.7. The van der Waals surface area contributed by atoms with Crippen LogP contribution in [-0.2, 0) is 0 Å². The minimum absolute atomic E-state index is 0.213. The van der Waals surface area contributed by atoms with Crippen molar-refractivity contribution >= 4 is 0 Å². The number of hydrogen-bond acceptors (Lipinski definition) is 2. The van der Waals surface area contributed by atoms with E-state index in [4.69, 9.17) is 4.74 Å². The van der Waals surface area contributed by atoms with Gasteiger partial charge in [0.2, 0.25) is 0 Å². The van der Waals surface area contributed by atoms with E-state index < -0.39 is 0 Å². The van der Waals surface area contributed by atoms with Gasteiger partial charge in [0.25, 0.3) is 0 Å². The minimum atomic E-state index is 0.213. The first kappa shape index (κ1) is 18.0. The van der Waals surface area contributed by atoms with Crippen LogP contribution in [-0.4, -0.2) is 12.1 Å². The molecule has 0 aromatic heterocycles. The molecule has 0 aliphatic heterocycles. The lowest BCUT2D eigenvalue weighted by Gasteiger charge is -2.23. The predicted octanol–water partition coefficient (Wildman–Crippen LogP) is 5.48. The number of unbranched alkanes of at least 4 members (excludes halogenated alkanes) is 3. The van der Waals surface area contributed by atoms with Crippen molar-refractivity contribution in [2.75, 3.05) is 0 Å². The molecule has 2 unspecified atom stereocenters. The van der Waals surface area contributed by atoms with Crippen LogP contribution in [0.3, 0.4) is 0 Å². The highest BCUT2D eigenvalue weighted by Crippen LogP contribution is 2.26. The Bertz CT molecular complexity index is 389. The van der Waals surface area contributed by atoms with Gasteiger partial charge in [-0.2, -0.15) is 0 Å². The molecule has 1 aromatic carbocycles. The van der Waals surface area contributed by atoms with Crippen LogP contribution in [0.5, 0.6) is 5.75 Å². The molecule has 0 spiro atoms. The van der Waals surface area contributed by atoms with Gasteiger partial charge >= 0.3 is 0 Å². The summed E-state index contributed by atoms with van der Waals surface area (Å²) in [5, 5.41) is 3.71. The molecule has 2 heteroatoms. The molecule has 2 atom stereocenters. The van der Waals surface area contributed by atoms with Crippen molar-refractivity contribution in [1.29, 1.82) is 0 Å². The van der Waals surface area contributed by atoms with E-state index >= 15 is 0 Å². The Morgan fingerprint density at radius 2 is 1.71 bits per heavy atom. The highest BCUT2D eigenvalue weighted by Gasteiger charge is 2.14. The molecule has 0 heterocycles. The van der Waals surface area contributed by atoms with Gasteiger partial charge in [0, 0.05) is 17.6 Å². The van der Waals surface area contributed by atoms with Crippen LogP contribution in [0.4, 0.5) is 0 Å². The van der Waals surface area contributed by atoms with Crippen molar-refractivity contribution in [2.24, 2.45) is 0 Å². The Kier molecular flexibility index (Phi) is 8.44. The fraction of sp³-hybridized carbons (Fsp3) is 0.684. The van der Waals surface area contributed by atoms with Crippen LogP contribution in [0.25, 0.3) is 0 Å². The smallest absolute Gasteiger partial charge is 0.124 e. The number of ether oxygens (including phenoxy) is 1. The van der Waals surface area contributed by atoms with Crippen molar-refractivity contribution in [3.8, 4) is 5.75 Å². The zero-order valence-electron chi connectivity index (χ0n) is 14.5. The van der Waals surface area contributed by atoms with Crippen LogP contribution in [0.2, 0.25) is 0 Å². The summed E-state index contributed by atoms with van der Waals surface area (Å²) in [6, 6.07) is 9.23. The molecule has 0 radical (unpaired) electrons. The molecule has 0 amide bonds. The number of rotatable bonds is 10. The first-order valence-electron chi connectivity index (χ1n) is 8.56. The summed E-state index contributed by atoms with van der Waals surface area (Å²) in [6.07, 6.45) is 6.79. The lowest BCUT2D eigenvalue weighted by atomic mass is 10.0. The van der Waals surface area contributed by atoms with Crippen molar-refractivity contribution < 1.29 is 4.74 Å². The second-order valence-corrected chi connectivity index (χ2v) is 6.34. The summed E-state index contributed by atoms with van der Waals surface area (Å²) in [5.74, 6) is 1.01. The maximum absolute atomic E-state index is 5.92. The van der Waals surface area contributed by atoms with Gasteiger partial charge in [0.1, 0.15) is 5.75 Å². The quantitative estimate of drug-likeness (QED) is 0.576. The predicted molar refractivity (Wildman–Crippen MR) is 92.0 cm³/mol. The third-order valence-corrected chi connectivity index (χ3v) is 3.77. The highest BCUT2D eigenvalue weighted by atomic mass is 16.5. The maximum Gasteiger partial charge on any atom is 0.124 e. The van der Waals surface area contributed by atoms with Gasteiger partial charge in [0.05, 0.1) is 6.10 Å². The van der Waals surface area contributed by atoms with Gasteiger partial charge in [-0.15, -0.1) is 0 Å². The second kappa shape index (κ2) is 9.83. The Morgan fingerprint density at radius 1 is 1.00 bits per heavy atom. The normalized spacial score (nSPS) is 14.2. The summed E-state index contributed by atoms with van der Waals surface area (Å²) in [5.41, 5.74) is 1.26. The zero-order valence-corrected chi connectivity index (χ0v) is 14.5. The molecule has 1 N–H and O–H groups in total. The summed E-state index contributed by atoms with van der Waals surface area (Å²) in [4.78, 5) is 0. The maximum atomic E-state index is 5.92. The van der Waals surface area contributed by atoms with Gasteiger partial charge in [-0.3, -0.25) is 0 Å². The van der Waals surface area contributed by atoms with E-state index in [2.05, 4.69) is 58.1 Å². The molecular weight excluding hydrogens is 258 g/mol. The average molecular weight is 291 g/mol. The lowest BCUT2D eigenvalue weighted by molar-refractivity contribution is 0.237. The van der Waals surface area contributed by atoms with Crippen LogP contribution < -0.4 is 10.1 Å². The second-order valence-electron chi connectivity index (χ2n) is 6.34. The highest BCUT2D eigenvalue weighted by molar-refractivity contribution is 5.35. The first-order chi connectivity index (χ1) is 10.0. The van der Waals surface area contributed by atoms with Gasteiger partial charge < -0.3 is 10.1 Å². The van der Waals surface area contributed by atoms with Crippen molar-refractivity contribution in [1.82, 2.24) is 5.32 Å². The molecular formula is C19H33NO. The summed E-state index contributed by atoms with van der Waals surface area (Å²) < 4.78 is 5.92. The van der Waals surface area contributed by atoms with Crippen molar-refractivity contribution in [3.63, 3.8) is 0 Å². The van der Waals surface area contributed by atoms with Crippen LogP contribution >= 0.6 is 0 Å². The molecule has 120 valence electrons. The van der Waals surface area contributed by atoms with Crippen molar-refractivity contribution in [2.45, 2.75) is 84.9 Å². The first-order valence-corrected chi connectivity index (χ1v) is 8.56. The molecule has 1 aromatic rings. The molecule has 0 fully saturated rings. The Balaban J connectivity index is 2.52. The topological polar surface area (TPSA) is 21.3 Å². The molecule has 0 saturated carbocycles. The monoisotopic (exact) mass is 291 g/mol. The number of hydrogen-bond donors (Lipinski definition) is 1. The van der Waals surface area contributed by atoms with E-state index in [0.29, 0.717) is 12.1 Å². The molecule has 21 heavy (non-hydrogen) atoms. The third kappa shape index (κ3) is 6.99. The lowest BCUT2D eigenvalue weighted by Crippen LogP contribution is -2.29. The molecule has 0 aliphatic carbocycles. The van der Waals surface area contributed by atoms with Gasteiger partial charge in [-0.05, 0) is 40.2 Å². The van der Waals surface area contributed by atoms with E-state index in [0.717, 1.165) is 5.75 Å². The largest absolute Gasteiger partial charge is 0.491 e. The number of benzene rings is 1. The SMILES string of the molecule is CCCCCCC(C)NC(C)c1ccccc1OC(C)C. The molecule has 0 saturated heterocycles. The summed E-state index contributed by atoms with van der Waals surface area (Å²) >= 11 is 0. The van der Waals surface area contributed by atoms with E-state index in [-0.39, 0.29) is 6.10 Å². The molecule has 0 bridgehead atoms. The van der Waals surface area contributed by atoms with E-state index in [1.54, 1.807) is 0 Å². The van der Waals surface area contributed by atoms with Gasteiger partial charge in [-0.1, -0.05) is 50.8 Å². The summed E-state index contributed by atoms with van der Waals surface area (Å²) in [7, 11) is 0. The molecule has 0 aliphatic rings. The van der Waals surface area contributed by atoms with Gasteiger partial charge in [-0.25, -0.2) is 0 Å².